The number of hydrogen-bond donors (Lipinski definition) is 3. The van der Waals surface area contributed by atoms with Gasteiger partial charge in [-0.3, -0.25) is 10.9 Å². The Morgan fingerprint density at radius 2 is 1.50 bits per heavy atom. The van der Waals surface area contributed by atoms with Gasteiger partial charge in [0.2, 0.25) is 0 Å². The minimum absolute atomic E-state index is 0.723. The van der Waals surface area contributed by atoms with E-state index in [1.807, 2.05) is 0 Å². The van der Waals surface area contributed by atoms with Crippen LogP contribution in [0.25, 0.3) is 0 Å². The molecule has 0 radical (unpaired) electrons. The first-order chi connectivity index (χ1) is 7.93. The molecule has 1 saturated carbocycles. The van der Waals surface area contributed by atoms with Gasteiger partial charge in [0.1, 0.15) is 0 Å². The van der Waals surface area contributed by atoms with Gasteiger partial charge >= 0.3 is 0 Å². The van der Waals surface area contributed by atoms with Crippen molar-refractivity contribution in [1.82, 2.24) is 16.2 Å². The quantitative estimate of drug-likeness (QED) is 0.626. The molecule has 2 heterocycles. The van der Waals surface area contributed by atoms with Gasteiger partial charge in [-0.2, -0.15) is 0 Å². The highest BCUT2D eigenvalue weighted by atomic mass is 15.4. The lowest BCUT2D eigenvalue weighted by molar-refractivity contribution is 0.116. The summed E-state index contributed by atoms with van der Waals surface area (Å²) in [6.07, 6.45) is 8.89. The molecule has 2 saturated heterocycles. The zero-order valence-corrected chi connectivity index (χ0v) is 10.2. The zero-order valence-electron chi connectivity index (χ0n) is 10.2. The molecule has 0 aromatic carbocycles. The first-order valence-corrected chi connectivity index (χ1v) is 7.12. The fraction of sp³-hybridized carbons (Fsp3) is 1.00. The van der Waals surface area contributed by atoms with Gasteiger partial charge in [-0.05, 0) is 30.7 Å². The molecule has 3 nitrogen and oxygen atoms in total. The summed E-state index contributed by atoms with van der Waals surface area (Å²) < 4.78 is 0. The number of piperidine rings is 1. The fourth-order valence-electron chi connectivity index (χ4n) is 3.92. The summed E-state index contributed by atoms with van der Waals surface area (Å²) in [5.74, 6) is 2.85. The van der Waals surface area contributed by atoms with Gasteiger partial charge in [0.05, 0.1) is 0 Å². The van der Waals surface area contributed by atoms with Crippen molar-refractivity contribution in [3.8, 4) is 0 Å². The first-order valence-electron chi connectivity index (χ1n) is 7.12. The zero-order chi connectivity index (χ0) is 10.8. The number of hydrogen-bond acceptors (Lipinski definition) is 3. The summed E-state index contributed by atoms with van der Waals surface area (Å²) in [4.78, 5) is 0. The van der Waals surface area contributed by atoms with Gasteiger partial charge < -0.3 is 5.32 Å². The summed E-state index contributed by atoms with van der Waals surface area (Å²) in [7, 11) is 0. The van der Waals surface area contributed by atoms with Crippen molar-refractivity contribution in [3.05, 3.63) is 0 Å². The molecule has 3 atom stereocenters. The molecule has 0 spiro atoms. The second-order valence-corrected chi connectivity index (χ2v) is 5.93. The molecule has 3 heteroatoms. The van der Waals surface area contributed by atoms with E-state index in [1.54, 1.807) is 0 Å². The molecule has 1 aliphatic carbocycles. The summed E-state index contributed by atoms with van der Waals surface area (Å²) >= 11 is 0. The van der Waals surface area contributed by atoms with E-state index < -0.39 is 0 Å². The van der Waals surface area contributed by atoms with E-state index in [0.29, 0.717) is 0 Å². The summed E-state index contributed by atoms with van der Waals surface area (Å²) in [5, 5.41) is 3.77. The van der Waals surface area contributed by atoms with Gasteiger partial charge in [-0.1, -0.05) is 32.1 Å². The summed E-state index contributed by atoms with van der Waals surface area (Å²) in [6, 6.07) is 0.723. The van der Waals surface area contributed by atoms with Crippen LogP contribution in [0.3, 0.4) is 0 Å². The maximum atomic E-state index is 3.77. The lowest BCUT2D eigenvalue weighted by Gasteiger charge is -2.43. The van der Waals surface area contributed by atoms with Crippen LogP contribution in [0.1, 0.15) is 38.5 Å². The van der Waals surface area contributed by atoms with Gasteiger partial charge in [-0.25, -0.2) is 0 Å². The minimum atomic E-state index is 0.723. The third kappa shape index (κ3) is 2.27. The van der Waals surface area contributed by atoms with E-state index in [1.165, 1.54) is 45.1 Å². The molecule has 0 amide bonds. The van der Waals surface area contributed by atoms with E-state index in [4.69, 9.17) is 0 Å². The van der Waals surface area contributed by atoms with Crippen LogP contribution < -0.4 is 16.2 Å². The van der Waals surface area contributed by atoms with Crippen LogP contribution in [0.2, 0.25) is 0 Å². The van der Waals surface area contributed by atoms with Crippen molar-refractivity contribution in [2.75, 3.05) is 19.6 Å². The molecule has 3 aliphatic rings. The summed E-state index contributed by atoms with van der Waals surface area (Å²) in [6.45, 7) is 3.52. The molecule has 0 aromatic rings. The average molecular weight is 223 g/mol. The van der Waals surface area contributed by atoms with Gasteiger partial charge in [0.15, 0.2) is 0 Å². The SMILES string of the molecule is C1CCC(C2CNC3CNNCC3C2)CC1. The predicted octanol–water partition coefficient (Wildman–Crippen LogP) is 1.27. The molecule has 3 unspecified atom stereocenters. The van der Waals surface area contributed by atoms with Gasteiger partial charge in [-0.15, -0.1) is 0 Å². The highest BCUT2D eigenvalue weighted by Crippen LogP contribution is 2.35. The van der Waals surface area contributed by atoms with E-state index in [0.717, 1.165) is 36.9 Å². The smallest absolute Gasteiger partial charge is 0.0257 e. The minimum Gasteiger partial charge on any atom is -0.312 e. The molecule has 92 valence electrons. The average Bonchev–Trinajstić information content (AvgIpc) is 2.39. The lowest BCUT2D eigenvalue weighted by atomic mass is 9.72. The normalized spacial score (nSPS) is 41.6. The Balaban J connectivity index is 1.57. The number of hydrazine groups is 1. The van der Waals surface area contributed by atoms with E-state index in [2.05, 4.69) is 16.2 Å². The summed E-state index contributed by atoms with van der Waals surface area (Å²) in [5.41, 5.74) is 6.58. The number of rotatable bonds is 1. The number of nitrogens with one attached hydrogen (secondary N) is 3. The van der Waals surface area contributed by atoms with Crippen LogP contribution in [-0.2, 0) is 0 Å². The molecule has 3 fully saturated rings. The Morgan fingerprint density at radius 1 is 0.688 bits per heavy atom. The van der Waals surface area contributed by atoms with Crippen molar-refractivity contribution in [2.45, 2.75) is 44.6 Å². The molecule has 0 bridgehead atoms. The van der Waals surface area contributed by atoms with Crippen LogP contribution in [0.15, 0.2) is 0 Å². The molecular weight excluding hydrogens is 198 g/mol. The van der Waals surface area contributed by atoms with Crippen molar-refractivity contribution >= 4 is 0 Å². The van der Waals surface area contributed by atoms with Gasteiger partial charge in [0.25, 0.3) is 0 Å². The first kappa shape index (κ1) is 11.0. The second-order valence-electron chi connectivity index (χ2n) is 5.93. The molecule has 3 rings (SSSR count). The second kappa shape index (κ2) is 5.03. The maximum absolute atomic E-state index is 3.77. The van der Waals surface area contributed by atoms with E-state index in [-0.39, 0.29) is 0 Å². The lowest BCUT2D eigenvalue weighted by Crippen LogP contribution is -2.60. The topological polar surface area (TPSA) is 36.1 Å². The third-order valence-electron chi connectivity index (χ3n) is 4.94. The van der Waals surface area contributed by atoms with Crippen molar-refractivity contribution in [1.29, 1.82) is 0 Å². The Hall–Kier alpha value is -0.120. The Labute approximate surface area is 98.7 Å². The standard InChI is InChI=1S/C13H25N3/c1-2-4-10(5-3-1)11-6-12-8-15-16-9-13(12)14-7-11/h10-16H,1-9H2. The Bertz CT molecular complexity index is 222. The van der Waals surface area contributed by atoms with Crippen LogP contribution in [-0.4, -0.2) is 25.7 Å². The maximum Gasteiger partial charge on any atom is 0.0257 e. The van der Waals surface area contributed by atoms with Crippen LogP contribution in [0, 0.1) is 17.8 Å². The van der Waals surface area contributed by atoms with Crippen LogP contribution in [0.5, 0.6) is 0 Å². The molecule has 16 heavy (non-hydrogen) atoms. The van der Waals surface area contributed by atoms with Crippen LogP contribution >= 0.6 is 0 Å². The van der Waals surface area contributed by atoms with Crippen molar-refractivity contribution in [3.63, 3.8) is 0 Å². The highest BCUT2D eigenvalue weighted by Gasteiger charge is 2.35. The monoisotopic (exact) mass is 223 g/mol. The van der Waals surface area contributed by atoms with E-state index >= 15 is 0 Å². The molecule has 3 N–H and O–H groups in total. The number of fused-ring (bicyclic) bond motifs is 1. The predicted molar refractivity (Wildman–Crippen MR) is 66.0 cm³/mol. The Kier molecular flexibility index (Phi) is 3.46. The van der Waals surface area contributed by atoms with E-state index in [9.17, 15) is 0 Å². The molecular formula is C13H25N3. The molecule has 0 aromatic heterocycles. The van der Waals surface area contributed by atoms with Crippen LogP contribution in [0.4, 0.5) is 0 Å². The Morgan fingerprint density at radius 3 is 2.38 bits per heavy atom. The highest BCUT2D eigenvalue weighted by molar-refractivity contribution is 4.92. The third-order valence-corrected chi connectivity index (χ3v) is 4.94. The van der Waals surface area contributed by atoms with Crippen molar-refractivity contribution < 1.29 is 0 Å². The fourth-order valence-corrected chi connectivity index (χ4v) is 3.92. The largest absolute Gasteiger partial charge is 0.312 e. The molecule has 2 aliphatic heterocycles. The van der Waals surface area contributed by atoms with Gasteiger partial charge in [0, 0.05) is 19.1 Å². The van der Waals surface area contributed by atoms with Crippen molar-refractivity contribution in [2.24, 2.45) is 17.8 Å².